The summed E-state index contributed by atoms with van der Waals surface area (Å²) in [6, 6.07) is 0. The molecule has 0 radical (unpaired) electrons. The van der Waals surface area contributed by atoms with Crippen molar-refractivity contribution >= 4 is 5.91 Å². The first-order valence-electron chi connectivity index (χ1n) is 5.71. The van der Waals surface area contributed by atoms with E-state index in [4.69, 9.17) is 16.9 Å². The molecule has 1 aliphatic rings. The molecule has 1 saturated heterocycles. The monoisotopic (exact) mass is 224 g/mol. The van der Waals surface area contributed by atoms with E-state index in [1.807, 2.05) is 6.92 Å². The average molecular weight is 224 g/mol. The predicted octanol–water partition coefficient (Wildman–Crippen LogP) is 0.224. The summed E-state index contributed by atoms with van der Waals surface area (Å²) in [7, 11) is 0. The summed E-state index contributed by atoms with van der Waals surface area (Å²) in [4.78, 5) is 14.1. The number of ether oxygens (including phenoxy) is 1. The second-order valence-corrected chi connectivity index (χ2v) is 4.12. The van der Waals surface area contributed by atoms with Crippen LogP contribution in [0.25, 0.3) is 0 Å². The van der Waals surface area contributed by atoms with E-state index in [-0.39, 0.29) is 5.91 Å². The van der Waals surface area contributed by atoms with Gasteiger partial charge in [0.25, 0.3) is 0 Å². The molecule has 2 N–H and O–H groups in total. The highest BCUT2D eigenvalue weighted by Crippen LogP contribution is 2.31. The number of terminal acetylenes is 1. The van der Waals surface area contributed by atoms with E-state index in [1.54, 1.807) is 4.90 Å². The molecule has 1 heterocycles. The molecule has 16 heavy (non-hydrogen) atoms. The van der Waals surface area contributed by atoms with E-state index in [0.717, 1.165) is 0 Å². The number of hydrogen-bond donors (Lipinski definition) is 1. The molecule has 0 aromatic carbocycles. The van der Waals surface area contributed by atoms with Crippen LogP contribution in [-0.4, -0.2) is 43.7 Å². The van der Waals surface area contributed by atoms with E-state index >= 15 is 0 Å². The molecule has 0 unspecified atom stereocenters. The van der Waals surface area contributed by atoms with Gasteiger partial charge in [-0.1, -0.05) is 5.92 Å². The number of nitrogens with two attached hydrogens (primary N) is 1. The Balaban J connectivity index is 2.78. The Morgan fingerprint density at radius 3 is 2.62 bits per heavy atom. The predicted molar refractivity (Wildman–Crippen MR) is 62.6 cm³/mol. The van der Waals surface area contributed by atoms with Gasteiger partial charge in [-0.15, -0.1) is 6.42 Å². The second kappa shape index (κ2) is 5.88. The zero-order valence-electron chi connectivity index (χ0n) is 9.87. The molecule has 0 aromatic heterocycles. The number of amides is 1. The van der Waals surface area contributed by atoms with Crippen LogP contribution in [0.2, 0.25) is 0 Å². The van der Waals surface area contributed by atoms with Crippen LogP contribution in [0, 0.1) is 17.8 Å². The fourth-order valence-corrected chi connectivity index (χ4v) is 2.04. The molecule has 1 amide bonds. The van der Waals surface area contributed by atoms with E-state index in [0.29, 0.717) is 45.7 Å². The lowest BCUT2D eigenvalue weighted by Gasteiger charge is -2.38. The van der Waals surface area contributed by atoms with Gasteiger partial charge in [0.15, 0.2) is 0 Å². The zero-order chi connectivity index (χ0) is 12.0. The highest BCUT2D eigenvalue weighted by Gasteiger charge is 2.40. The molecule has 1 fully saturated rings. The van der Waals surface area contributed by atoms with Crippen molar-refractivity contribution in [3.63, 3.8) is 0 Å². The van der Waals surface area contributed by atoms with E-state index in [2.05, 4.69) is 5.92 Å². The maximum atomic E-state index is 12.4. The van der Waals surface area contributed by atoms with Crippen molar-refractivity contribution in [2.45, 2.75) is 19.8 Å². The molecule has 4 heteroatoms. The van der Waals surface area contributed by atoms with Crippen molar-refractivity contribution in [1.29, 1.82) is 0 Å². The minimum Gasteiger partial charge on any atom is -0.381 e. The molecule has 0 spiro atoms. The quantitative estimate of drug-likeness (QED) is 0.695. The van der Waals surface area contributed by atoms with Crippen molar-refractivity contribution in [3.05, 3.63) is 0 Å². The van der Waals surface area contributed by atoms with E-state index in [9.17, 15) is 4.79 Å². The van der Waals surface area contributed by atoms with Crippen LogP contribution >= 0.6 is 0 Å². The van der Waals surface area contributed by atoms with Gasteiger partial charge < -0.3 is 15.4 Å². The first-order chi connectivity index (χ1) is 7.70. The van der Waals surface area contributed by atoms with Crippen LogP contribution in [0.4, 0.5) is 0 Å². The van der Waals surface area contributed by atoms with E-state index in [1.165, 1.54) is 0 Å². The van der Waals surface area contributed by atoms with Gasteiger partial charge in [0.2, 0.25) is 5.91 Å². The minimum absolute atomic E-state index is 0.0822. The highest BCUT2D eigenvalue weighted by atomic mass is 16.5. The van der Waals surface area contributed by atoms with Gasteiger partial charge >= 0.3 is 0 Å². The topological polar surface area (TPSA) is 55.6 Å². The average Bonchev–Trinajstić information content (AvgIpc) is 2.36. The molecular formula is C12H20N2O2. The molecule has 0 aliphatic carbocycles. The number of hydrogen-bond acceptors (Lipinski definition) is 3. The summed E-state index contributed by atoms with van der Waals surface area (Å²) < 4.78 is 5.28. The van der Waals surface area contributed by atoms with Gasteiger partial charge in [-0.3, -0.25) is 4.79 Å². The summed E-state index contributed by atoms with van der Waals surface area (Å²) in [5.74, 6) is 2.60. The fraction of sp³-hybridized carbons (Fsp3) is 0.750. The molecule has 0 bridgehead atoms. The lowest BCUT2D eigenvalue weighted by atomic mass is 9.79. The Labute approximate surface area is 97.1 Å². The van der Waals surface area contributed by atoms with Crippen molar-refractivity contribution < 1.29 is 9.53 Å². The molecule has 90 valence electrons. The van der Waals surface area contributed by atoms with Gasteiger partial charge in [0.1, 0.15) is 0 Å². The molecule has 1 rings (SSSR count). The minimum atomic E-state index is -0.453. The molecule has 0 saturated carbocycles. The summed E-state index contributed by atoms with van der Waals surface area (Å²) in [5.41, 5.74) is 5.32. The second-order valence-electron chi connectivity index (χ2n) is 4.12. The summed E-state index contributed by atoms with van der Waals surface area (Å²) >= 11 is 0. The summed E-state index contributed by atoms with van der Waals surface area (Å²) in [6.07, 6.45) is 6.65. The van der Waals surface area contributed by atoms with Gasteiger partial charge in [0.05, 0.1) is 12.0 Å². The van der Waals surface area contributed by atoms with Gasteiger partial charge in [-0.25, -0.2) is 0 Å². The third kappa shape index (κ3) is 2.55. The Hall–Kier alpha value is -1.05. The first kappa shape index (κ1) is 13.0. The maximum absolute atomic E-state index is 12.4. The Bertz CT molecular complexity index is 277. The summed E-state index contributed by atoms with van der Waals surface area (Å²) in [6.45, 7) is 4.51. The fourth-order valence-electron chi connectivity index (χ4n) is 2.04. The van der Waals surface area contributed by atoms with Crippen LogP contribution in [-0.2, 0) is 9.53 Å². The highest BCUT2D eigenvalue weighted by molar-refractivity contribution is 5.83. The Morgan fingerprint density at radius 2 is 2.19 bits per heavy atom. The largest absolute Gasteiger partial charge is 0.381 e. The van der Waals surface area contributed by atoms with Crippen molar-refractivity contribution in [2.24, 2.45) is 11.1 Å². The molecule has 4 nitrogen and oxygen atoms in total. The van der Waals surface area contributed by atoms with Crippen LogP contribution in [0.15, 0.2) is 0 Å². The Morgan fingerprint density at radius 1 is 1.56 bits per heavy atom. The van der Waals surface area contributed by atoms with Crippen molar-refractivity contribution in [2.75, 3.05) is 32.8 Å². The number of carbonyl (C=O) groups is 1. The van der Waals surface area contributed by atoms with Crippen LogP contribution < -0.4 is 5.73 Å². The van der Waals surface area contributed by atoms with E-state index < -0.39 is 5.41 Å². The number of rotatable bonds is 4. The number of nitrogens with zero attached hydrogens (tertiary/aromatic N) is 1. The van der Waals surface area contributed by atoms with Gasteiger partial charge in [-0.05, 0) is 19.8 Å². The molecule has 1 aliphatic heterocycles. The standard InChI is InChI=1S/C12H20N2O2/c1-3-7-14(4-2)11(15)12(10-13)5-8-16-9-6-12/h1H,4-10,13H2,2H3. The SMILES string of the molecule is C#CCN(CC)C(=O)C1(CN)CCOCC1. The smallest absolute Gasteiger partial charge is 0.231 e. The maximum Gasteiger partial charge on any atom is 0.231 e. The van der Waals surface area contributed by atoms with Crippen molar-refractivity contribution in [3.8, 4) is 12.3 Å². The van der Waals surface area contributed by atoms with Crippen LogP contribution in [0.1, 0.15) is 19.8 Å². The summed E-state index contributed by atoms with van der Waals surface area (Å²) in [5, 5.41) is 0. The van der Waals surface area contributed by atoms with Crippen LogP contribution in [0.5, 0.6) is 0 Å². The van der Waals surface area contributed by atoms with Gasteiger partial charge in [-0.2, -0.15) is 0 Å². The molecule has 0 aromatic rings. The Kier molecular flexibility index (Phi) is 4.78. The van der Waals surface area contributed by atoms with Crippen molar-refractivity contribution in [1.82, 2.24) is 4.90 Å². The van der Waals surface area contributed by atoms with Crippen LogP contribution in [0.3, 0.4) is 0 Å². The van der Waals surface area contributed by atoms with Gasteiger partial charge in [0, 0.05) is 26.3 Å². The molecule has 0 atom stereocenters. The first-order valence-corrected chi connectivity index (χ1v) is 5.71. The lowest BCUT2D eigenvalue weighted by Crippen LogP contribution is -2.50. The normalized spacial score (nSPS) is 18.8. The molecular weight excluding hydrogens is 204 g/mol. The zero-order valence-corrected chi connectivity index (χ0v) is 9.87. The third-order valence-corrected chi connectivity index (χ3v) is 3.25. The third-order valence-electron chi connectivity index (χ3n) is 3.25. The lowest BCUT2D eigenvalue weighted by molar-refractivity contribution is -0.146. The number of carbonyl (C=O) groups excluding carboxylic acids is 1.